The minimum Gasteiger partial charge on any atom is -0.355 e. The SMILES string of the molecule is CCCCC1(c2ccccc2)NC(=O)N(CC(=O)NCCC)C1=O. The third-order valence-corrected chi connectivity index (χ3v) is 4.22. The fourth-order valence-corrected chi connectivity index (χ4v) is 2.91. The molecule has 1 unspecified atom stereocenters. The molecule has 0 aromatic heterocycles. The second-order valence-corrected chi connectivity index (χ2v) is 6.05. The van der Waals surface area contributed by atoms with E-state index in [1.165, 1.54) is 0 Å². The smallest absolute Gasteiger partial charge is 0.325 e. The molecule has 0 bridgehead atoms. The van der Waals surface area contributed by atoms with Crippen LogP contribution in [-0.4, -0.2) is 35.8 Å². The van der Waals surface area contributed by atoms with Crippen molar-refractivity contribution in [1.82, 2.24) is 15.5 Å². The number of imide groups is 1. The number of carbonyl (C=O) groups is 3. The number of nitrogens with one attached hydrogen (secondary N) is 2. The average molecular weight is 331 g/mol. The summed E-state index contributed by atoms with van der Waals surface area (Å²) in [4.78, 5) is 38.3. The maximum Gasteiger partial charge on any atom is 0.325 e. The second kappa shape index (κ2) is 7.95. The van der Waals surface area contributed by atoms with Crippen LogP contribution in [0.5, 0.6) is 0 Å². The zero-order valence-corrected chi connectivity index (χ0v) is 14.3. The molecule has 1 saturated heterocycles. The molecule has 130 valence electrons. The Labute approximate surface area is 142 Å². The van der Waals surface area contributed by atoms with Crippen LogP contribution in [0, 0.1) is 0 Å². The number of urea groups is 1. The Kier molecular flexibility index (Phi) is 5.95. The van der Waals surface area contributed by atoms with Gasteiger partial charge in [-0.25, -0.2) is 4.79 Å². The van der Waals surface area contributed by atoms with Crippen molar-refractivity contribution in [3.8, 4) is 0 Å². The van der Waals surface area contributed by atoms with Crippen molar-refractivity contribution in [3.05, 3.63) is 35.9 Å². The van der Waals surface area contributed by atoms with Gasteiger partial charge in [-0.2, -0.15) is 0 Å². The predicted octanol–water partition coefficient (Wildman–Crippen LogP) is 2.15. The minimum absolute atomic E-state index is 0.245. The standard InChI is InChI=1S/C18H25N3O3/c1-3-5-11-18(14-9-7-6-8-10-14)16(23)21(17(24)20-18)13-15(22)19-12-4-2/h6-10H,3-5,11-13H2,1-2H3,(H,19,22)(H,20,24). The third-order valence-electron chi connectivity index (χ3n) is 4.22. The summed E-state index contributed by atoms with van der Waals surface area (Å²) in [5.74, 6) is -0.668. The van der Waals surface area contributed by atoms with Gasteiger partial charge >= 0.3 is 6.03 Å². The Balaban J connectivity index is 2.25. The van der Waals surface area contributed by atoms with E-state index in [1.54, 1.807) is 0 Å². The highest BCUT2D eigenvalue weighted by Gasteiger charge is 2.52. The zero-order valence-electron chi connectivity index (χ0n) is 14.3. The Morgan fingerprint density at radius 3 is 2.50 bits per heavy atom. The van der Waals surface area contributed by atoms with E-state index in [2.05, 4.69) is 10.6 Å². The number of benzene rings is 1. The molecule has 1 aliphatic rings. The number of hydrogen-bond acceptors (Lipinski definition) is 3. The Morgan fingerprint density at radius 1 is 1.17 bits per heavy atom. The number of nitrogens with zero attached hydrogens (tertiary/aromatic N) is 1. The molecule has 0 spiro atoms. The molecule has 2 rings (SSSR count). The molecule has 6 nitrogen and oxygen atoms in total. The first-order valence-corrected chi connectivity index (χ1v) is 8.51. The van der Waals surface area contributed by atoms with Crippen LogP contribution in [0.3, 0.4) is 0 Å². The first kappa shape index (κ1) is 18.0. The quantitative estimate of drug-likeness (QED) is 0.717. The lowest BCUT2D eigenvalue weighted by atomic mass is 9.85. The molecule has 1 aromatic rings. The van der Waals surface area contributed by atoms with Crippen molar-refractivity contribution in [2.45, 2.75) is 45.1 Å². The lowest BCUT2D eigenvalue weighted by molar-refractivity contribution is -0.135. The van der Waals surface area contributed by atoms with E-state index in [-0.39, 0.29) is 18.4 Å². The van der Waals surface area contributed by atoms with Crippen LogP contribution in [0.4, 0.5) is 4.79 Å². The summed E-state index contributed by atoms with van der Waals surface area (Å²) >= 11 is 0. The number of unbranched alkanes of at least 4 members (excludes halogenated alkanes) is 1. The molecule has 1 fully saturated rings. The van der Waals surface area contributed by atoms with Gasteiger partial charge in [0.1, 0.15) is 12.1 Å². The molecule has 0 saturated carbocycles. The monoisotopic (exact) mass is 331 g/mol. The van der Waals surface area contributed by atoms with Gasteiger partial charge < -0.3 is 10.6 Å². The summed E-state index contributed by atoms with van der Waals surface area (Å²) in [6, 6.07) is 8.74. The third kappa shape index (κ3) is 3.58. The van der Waals surface area contributed by atoms with Crippen LogP contribution in [-0.2, 0) is 15.1 Å². The van der Waals surface area contributed by atoms with Crippen LogP contribution in [0.1, 0.15) is 45.1 Å². The van der Waals surface area contributed by atoms with Crippen LogP contribution in [0.25, 0.3) is 0 Å². The molecule has 1 aliphatic heterocycles. The molecule has 6 heteroatoms. The normalized spacial score (nSPS) is 20.2. The fourth-order valence-electron chi connectivity index (χ4n) is 2.91. The van der Waals surface area contributed by atoms with Crippen LogP contribution in [0.15, 0.2) is 30.3 Å². The predicted molar refractivity (Wildman–Crippen MR) is 91.2 cm³/mol. The van der Waals surface area contributed by atoms with Crippen molar-refractivity contribution in [2.75, 3.05) is 13.1 Å². The Morgan fingerprint density at radius 2 is 1.88 bits per heavy atom. The number of hydrogen-bond donors (Lipinski definition) is 2. The van der Waals surface area contributed by atoms with Crippen molar-refractivity contribution in [1.29, 1.82) is 0 Å². The second-order valence-electron chi connectivity index (χ2n) is 6.05. The molecule has 24 heavy (non-hydrogen) atoms. The summed E-state index contributed by atoms with van der Waals surface area (Å²) in [6.07, 6.45) is 3.03. The van der Waals surface area contributed by atoms with Gasteiger partial charge in [-0.3, -0.25) is 14.5 Å². The topological polar surface area (TPSA) is 78.5 Å². The summed E-state index contributed by atoms with van der Waals surface area (Å²) < 4.78 is 0. The van der Waals surface area contributed by atoms with Gasteiger partial charge in [0.05, 0.1) is 0 Å². The Bertz CT molecular complexity index is 603. The summed E-state index contributed by atoms with van der Waals surface area (Å²) in [6.45, 7) is 4.27. The highest BCUT2D eigenvalue weighted by Crippen LogP contribution is 2.33. The number of rotatable bonds is 8. The average Bonchev–Trinajstić information content (AvgIpc) is 2.84. The molecule has 4 amide bonds. The van der Waals surface area contributed by atoms with E-state index in [1.807, 2.05) is 44.2 Å². The van der Waals surface area contributed by atoms with Gasteiger partial charge in [0.15, 0.2) is 0 Å². The fraction of sp³-hybridized carbons (Fsp3) is 0.500. The summed E-state index contributed by atoms with van der Waals surface area (Å²) in [5, 5.41) is 5.54. The first-order valence-electron chi connectivity index (χ1n) is 8.51. The lowest BCUT2D eigenvalue weighted by Crippen LogP contribution is -2.45. The van der Waals surface area contributed by atoms with Crippen LogP contribution >= 0.6 is 0 Å². The lowest BCUT2D eigenvalue weighted by Gasteiger charge is -2.27. The van der Waals surface area contributed by atoms with Crippen LogP contribution < -0.4 is 10.6 Å². The minimum atomic E-state index is -1.07. The molecule has 1 atom stereocenters. The Hall–Kier alpha value is -2.37. The van der Waals surface area contributed by atoms with Gasteiger partial charge in [-0.05, 0) is 18.4 Å². The van der Waals surface area contributed by atoms with E-state index in [4.69, 9.17) is 0 Å². The van der Waals surface area contributed by atoms with Gasteiger partial charge in [-0.15, -0.1) is 0 Å². The molecule has 2 N–H and O–H groups in total. The molecule has 0 radical (unpaired) electrons. The van der Waals surface area contributed by atoms with Crippen molar-refractivity contribution < 1.29 is 14.4 Å². The van der Waals surface area contributed by atoms with Gasteiger partial charge in [-0.1, -0.05) is 57.0 Å². The van der Waals surface area contributed by atoms with Crippen molar-refractivity contribution >= 4 is 17.8 Å². The van der Waals surface area contributed by atoms with Gasteiger partial charge in [0.2, 0.25) is 5.91 Å². The van der Waals surface area contributed by atoms with Gasteiger partial charge in [0, 0.05) is 6.54 Å². The maximum atomic E-state index is 13.0. The zero-order chi connectivity index (χ0) is 17.6. The van der Waals surface area contributed by atoms with E-state index >= 15 is 0 Å². The highest BCUT2D eigenvalue weighted by atomic mass is 16.2. The van der Waals surface area contributed by atoms with Crippen LogP contribution in [0.2, 0.25) is 0 Å². The number of amides is 4. The van der Waals surface area contributed by atoms with Crippen molar-refractivity contribution in [3.63, 3.8) is 0 Å². The summed E-state index contributed by atoms with van der Waals surface area (Å²) in [5.41, 5.74) is -0.312. The molecular weight excluding hydrogens is 306 g/mol. The summed E-state index contributed by atoms with van der Waals surface area (Å²) in [7, 11) is 0. The highest BCUT2D eigenvalue weighted by molar-refractivity contribution is 6.09. The van der Waals surface area contributed by atoms with Gasteiger partial charge in [0.25, 0.3) is 5.91 Å². The van der Waals surface area contributed by atoms with E-state index < -0.39 is 11.6 Å². The molecule has 0 aliphatic carbocycles. The maximum absolute atomic E-state index is 13.0. The molecule has 1 aromatic carbocycles. The van der Waals surface area contributed by atoms with E-state index in [0.29, 0.717) is 13.0 Å². The van der Waals surface area contributed by atoms with E-state index in [9.17, 15) is 14.4 Å². The van der Waals surface area contributed by atoms with E-state index in [0.717, 1.165) is 29.7 Å². The molecular formula is C18H25N3O3. The number of carbonyl (C=O) groups excluding carboxylic acids is 3. The molecule has 1 heterocycles. The largest absolute Gasteiger partial charge is 0.355 e. The first-order chi connectivity index (χ1) is 11.5. The van der Waals surface area contributed by atoms with Crippen molar-refractivity contribution in [2.24, 2.45) is 0 Å².